The average Bonchev–Trinajstić information content (AvgIpc) is 3.16. The molecule has 2 N–H and O–H groups in total. The number of benzene rings is 1. The average molecular weight is 451 g/mol. The number of nitrogens with one attached hydrogen (secondary N) is 2. The molecular weight excluding hydrogens is 423 g/mol. The molecule has 11 heteroatoms. The van der Waals surface area contributed by atoms with Gasteiger partial charge in [0.05, 0.1) is 5.56 Å². The van der Waals surface area contributed by atoms with Gasteiger partial charge in [0.1, 0.15) is 0 Å². The molecule has 1 amide bonds. The Bertz CT molecular complexity index is 901. The summed E-state index contributed by atoms with van der Waals surface area (Å²) in [5.41, 5.74) is -0.283. The largest absolute Gasteiger partial charge is 0.416 e. The zero-order chi connectivity index (χ0) is 23.1. The summed E-state index contributed by atoms with van der Waals surface area (Å²) in [6.07, 6.45) is -2.11. The van der Waals surface area contributed by atoms with Crippen molar-refractivity contribution in [2.45, 2.75) is 39.3 Å². The molecule has 0 spiro atoms. The van der Waals surface area contributed by atoms with E-state index in [0.717, 1.165) is 31.5 Å². The number of likely N-dealkylation sites (tertiary alicyclic amines) is 1. The van der Waals surface area contributed by atoms with Gasteiger partial charge < -0.3 is 20.4 Å². The third-order valence-electron chi connectivity index (χ3n) is 5.20. The molecule has 8 nitrogen and oxygen atoms in total. The van der Waals surface area contributed by atoms with Gasteiger partial charge in [0.25, 0.3) is 0 Å². The lowest BCUT2D eigenvalue weighted by atomic mass is 10.2. The molecule has 0 bridgehead atoms. The number of carbonyl (C=O) groups excluding carboxylic acids is 1. The summed E-state index contributed by atoms with van der Waals surface area (Å²) in [4.78, 5) is 28.8. The van der Waals surface area contributed by atoms with Gasteiger partial charge in [-0.2, -0.15) is 28.1 Å². The molecule has 1 aliphatic heterocycles. The normalized spacial score (nSPS) is 14.0. The van der Waals surface area contributed by atoms with E-state index in [1.807, 2.05) is 23.6 Å². The second-order valence-electron chi connectivity index (χ2n) is 7.42. The molecule has 1 aromatic heterocycles. The number of amides is 1. The van der Waals surface area contributed by atoms with Gasteiger partial charge in [-0.25, -0.2) is 0 Å². The van der Waals surface area contributed by atoms with Crippen LogP contribution in [0.1, 0.15) is 38.7 Å². The number of carbonyl (C=O) groups is 1. The van der Waals surface area contributed by atoms with E-state index >= 15 is 0 Å². The molecule has 0 radical (unpaired) electrons. The molecule has 1 aliphatic rings. The Hall–Kier alpha value is -3.11. The molecule has 2 aromatic rings. The van der Waals surface area contributed by atoms with Crippen molar-refractivity contribution in [1.82, 2.24) is 19.9 Å². The first-order valence-electron chi connectivity index (χ1n) is 10.8. The van der Waals surface area contributed by atoms with Gasteiger partial charge in [-0.1, -0.05) is 0 Å². The third kappa shape index (κ3) is 6.21. The summed E-state index contributed by atoms with van der Waals surface area (Å²) < 4.78 is 38.4. The lowest BCUT2D eigenvalue weighted by Gasteiger charge is -2.20. The Kier molecular flexibility index (Phi) is 7.70. The van der Waals surface area contributed by atoms with Crippen LogP contribution < -0.4 is 15.5 Å². The molecule has 0 saturated carbocycles. The predicted octanol–water partition coefficient (Wildman–Crippen LogP) is 3.90. The minimum atomic E-state index is -4.39. The number of rotatable bonds is 10. The lowest BCUT2D eigenvalue weighted by Crippen LogP contribution is -2.27. The minimum Gasteiger partial charge on any atom is -0.354 e. The summed E-state index contributed by atoms with van der Waals surface area (Å²) in [5.74, 6) is 1.26. The number of halogens is 3. The van der Waals surface area contributed by atoms with E-state index in [1.165, 1.54) is 12.1 Å². The maximum atomic E-state index is 12.8. The highest BCUT2D eigenvalue weighted by atomic mass is 19.4. The molecule has 0 aliphatic carbocycles. The smallest absolute Gasteiger partial charge is 0.354 e. The van der Waals surface area contributed by atoms with Gasteiger partial charge in [-0.3, -0.25) is 4.79 Å². The molecule has 3 rings (SSSR count). The van der Waals surface area contributed by atoms with Gasteiger partial charge in [0.15, 0.2) is 0 Å². The Morgan fingerprint density at radius 2 is 1.75 bits per heavy atom. The Balaban J connectivity index is 1.70. The lowest BCUT2D eigenvalue weighted by molar-refractivity contribution is -0.137. The first-order valence-corrected chi connectivity index (χ1v) is 10.8. The van der Waals surface area contributed by atoms with Crippen LogP contribution in [0.3, 0.4) is 0 Å². The Labute approximate surface area is 185 Å². The summed E-state index contributed by atoms with van der Waals surface area (Å²) in [5, 5.41) is 6.12. The molecule has 32 heavy (non-hydrogen) atoms. The zero-order valence-corrected chi connectivity index (χ0v) is 18.2. The summed E-state index contributed by atoms with van der Waals surface area (Å²) >= 11 is 0. The fourth-order valence-corrected chi connectivity index (χ4v) is 3.43. The zero-order valence-electron chi connectivity index (χ0n) is 18.2. The standard InChI is InChI=1S/C21H28F3N7O/c1-3-30(4-2)20-28-18(25-12-6-14-31-13-5-7-17(31)32)27-19(29-20)26-16-10-8-15(9-11-16)21(22,23)24/h8-11H,3-7,12-14H2,1-2H3,(H2,25,26,27,28,29). The molecule has 2 heterocycles. The SMILES string of the molecule is CCN(CC)c1nc(NCCCN2CCCC2=O)nc(Nc2ccc(C(F)(F)F)cc2)n1. The second-order valence-corrected chi connectivity index (χ2v) is 7.42. The van der Waals surface area contributed by atoms with Crippen LogP contribution in [0.25, 0.3) is 0 Å². The van der Waals surface area contributed by atoms with Crippen LogP contribution >= 0.6 is 0 Å². The third-order valence-corrected chi connectivity index (χ3v) is 5.20. The van der Waals surface area contributed by atoms with E-state index < -0.39 is 11.7 Å². The Morgan fingerprint density at radius 3 is 2.34 bits per heavy atom. The molecule has 174 valence electrons. The summed E-state index contributed by atoms with van der Waals surface area (Å²) in [7, 11) is 0. The van der Waals surface area contributed by atoms with Crippen molar-refractivity contribution in [2.75, 3.05) is 48.3 Å². The molecule has 1 fully saturated rings. The number of aromatic nitrogens is 3. The van der Waals surface area contributed by atoms with Crippen LogP contribution in [0.4, 0.5) is 36.7 Å². The van der Waals surface area contributed by atoms with Crippen LogP contribution in [0, 0.1) is 0 Å². The van der Waals surface area contributed by atoms with E-state index in [1.54, 1.807) is 0 Å². The van der Waals surface area contributed by atoms with Crippen molar-refractivity contribution < 1.29 is 18.0 Å². The number of alkyl halides is 3. The van der Waals surface area contributed by atoms with Crippen molar-refractivity contribution in [3.8, 4) is 0 Å². The van der Waals surface area contributed by atoms with Gasteiger partial charge in [0.2, 0.25) is 23.8 Å². The van der Waals surface area contributed by atoms with Crippen molar-refractivity contribution in [3.63, 3.8) is 0 Å². The van der Waals surface area contributed by atoms with Crippen LogP contribution in [0.5, 0.6) is 0 Å². The van der Waals surface area contributed by atoms with Crippen molar-refractivity contribution in [1.29, 1.82) is 0 Å². The number of hydrogen-bond acceptors (Lipinski definition) is 7. The highest BCUT2D eigenvalue weighted by molar-refractivity contribution is 5.78. The van der Waals surface area contributed by atoms with E-state index in [4.69, 9.17) is 0 Å². The molecular formula is C21H28F3N7O. The summed E-state index contributed by atoms with van der Waals surface area (Å²) in [6.45, 7) is 7.40. The monoisotopic (exact) mass is 451 g/mol. The maximum absolute atomic E-state index is 12.8. The number of anilines is 4. The minimum absolute atomic E-state index is 0.192. The van der Waals surface area contributed by atoms with E-state index in [0.29, 0.717) is 50.2 Å². The van der Waals surface area contributed by atoms with E-state index in [2.05, 4.69) is 25.6 Å². The fraction of sp³-hybridized carbons (Fsp3) is 0.524. The van der Waals surface area contributed by atoms with Gasteiger partial charge in [-0.05, 0) is 51.0 Å². The molecule has 0 atom stereocenters. The fourth-order valence-electron chi connectivity index (χ4n) is 3.43. The first-order chi connectivity index (χ1) is 15.3. The topological polar surface area (TPSA) is 86.3 Å². The molecule has 0 unspecified atom stereocenters. The van der Waals surface area contributed by atoms with Crippen LogP contribution in [0.2, 0.25) is 0 Å². The van der Waals surface area contributed by atoms with Crippen LogP contribution in [-0.2, 0) is 11.0 Å². The summed E-state index contributed by atoms with van der Waals surface area (Å²) in [6, 6.07) is 4.69. The molecule has 1 saturated heterocycles. The second kappa shape index (κ2) is 10.5. The van der Waals surface area contributed by atoms with Crippen molar-refractivity contribution >= 4 is 29.4 Å². The number of nitrogens with zero attached hydrogens (tertiary/aromatic N) is 5. The van der Waals surface area contributed by atoms with Crippen LogP contribution in [-0.4, -0.2) is 58.5 Å². The van der Waals surface area contributed by atoms with Crippen LogP contribution in [0.15, 0.2) is 24.3 Å². The van der Waals surface area contributed by atoms with Gasteiger partial charge in [0, 0.05) is 44.8 Å². The van der Waals surface area contributed by atoms with E-state index in [-0.39, 0.29) is 11.9 Å². The van der Waals surface area contributed by atoms with Gasteiger partial charge in [-0.15, -0.1) is 0 Å². The molecule has 1 aromatic carbocycles. The highest BCUT2D eigenvalue weighted by Crippen LogP contribution is 2.30. The quantitative estimate of drug-likeness (QED) is 0.530. The first kappa shape index (κ1) is 23.6. The Morgan fingerprint density at radius 1 is 1.06 bits per heavy atom. The predicted molar refractivity (Wildman–Crippen MR) is 117 cm³/mol. The maximum Gasteiger partial charge on any atom is 0.416 e. The van der Waals surface area contributed by atoms with Crippen molar-refractivity contribution in [2.24, 2.45) is 0 Å². The van der Waals surface area contributed by atoms with Gasteiger partial charge >= 0.3 is 6.18 Å². The van der Waals surface area contributed by atoms with Crippen molar-refractivity contribution in [3.05, 3.63) is 29.8 Å². The number of hydrogen-bond donors (Lipinski definition) is 2. The highest BCUT2D eigenvalue weighted by Gasteiger charge is 2.30. The van der Waals surface area contributed by atoms with E-state index in [9.17, 15) is 18.0 Å².